The fraction of sp³-hybridized carbons (Fsp3) is 0.588. The standard InChI is InChI=1S/C17H25NO/c1-12-7-13(2)16(14(3)8-12)9-15(19)10-17(11-18)5-4-6-17/h7-8H,4-6,9-11,18H2,1-3H3. The molecular formula is C17H25NO. The van der Waals surface area contributed by atoms with Gasteiger partial charge in [0.05, 0.1) is 0 Å². The van der Waals surface area contributed by atoms with E-state index >= 15 is 0 Å². The smallest absolute Gasteiger partial charge is 0.137 e. The summed E-state index contributed by atoms with van der Waals surface area (Å²) in [6, 6.07) is 4.33. The summed E-state index contributed by atoms with van der Waals surface area (Å²) in [7, 11) is 0. The van der Waals surface area contributed by atoms with Gasteiger partial charge in [-0.1, -0.05) is 24.1 Å². The van der Waals surface area contributed by atoms with Crippen molar-refractivity contribution in [2.45, 2.75) is 52.9 Å². The molecule has 1 saturated carbocycles. The number of hydrogen-bond donors (Lipinski definition) is 1. The summed E-state index contributed by atoms with van der Waals surface area (Å²) in [5.74, 6) is 0.347. The van der Waals surface area contributed by atoms with E-state index in [0.29, 0.717) is 25.2 Å². The molecule has 1 fully saturated rings. The molecule has 1 aliphatic carbocycles. The molecule has 0 unspecified atom stereocenters. The largest absolute Gasteiger partial charge is 0.330 e. The Kier molecular flexibility index (Phi) is 4.10. The zero-order valence-corrected chi connectivity index (χ0v) is 12.4. The van der Waals surface area contributed by atoms with Gasteiger partial charge in [0.25, 0.3) is 0 Å². The van der Waals surface area contributed by atoms with Crippen LogP contribution < -0.4 is 5.73 Å². The molecule has 104 valence electrons. The van der Waals surface area contributed by atoms with Gasteiger partial charge in [0.1, 0.15) is 5.78 Å². The number of nitrogens with two attached hydrogens (primary N) is 1. The lowest BCUT2D eigenvalue weighted by molar-refractivity contribution is -0.122. The maximum Gasteiger partial charge on any atom is 0.137 e. The second kappa shape index (κ2) is 5.46. The van der Waals surface area contributed by atoms with E-state index in [0.717, 1.165) is 12.8 Å². The number of benzene rings is 1. The maximum absolute atomic E-state index is 12.3. The Hall–Kier alpha value is -1.15. The molecule has 0 spiro atoms. The van der Waals surface area contributed by atoms with E-state index in [4.69, 9.17) is 5.73 Å². The summed E-state index contributed by atoms with van der Waals surface area (Å²) in [6.07, 6.45) is 4.71. The molecule has 0 amide bonds. The Morgan fingerprint density at radius 1 is 1.21 bits per heavy atom. The molecule has 0 heterocycles. The average molecular weight is 259 g/mol. The molecular weight excluding hydrogens is 234 g/mol. The summed E-state index contributed by atoms with van der Waals surface area (Å²) in [6.45, 7) is 6.96. The minimum absolute atomic E-state index is 0.129. The quantitative estimate of drug-likeness (QED) is 0.882. The minimum atomic E-state index is 0.129. The highest BCUT2D eigenvalue weighted by atomic mass is 16.1. The zero-order valence-electron chi connectivity index (χ0n) is 12.4. The fourth-order valence-corrected chi connectivity index (χ4v) is 3.30. The molecule has 2 heteroatoms. The van der Waals surface area contributed by atoms with Crippen molar-refractivity contribution >= 4 is 5.78 Å². The molecule has 2 rings (SSSR count). The van der Waals surface area contributed by atoms with Crippen LogP contribution in [0.15, 0.2) is 12.1 Å². The van der Waals surface area contributed by atoms with Gasteiger partial charge < -0.3 is 5.73 Å². The molecule has 0 aromatic heterocycles. The zero-order chi connectivity index (χ0) is 14.0. The van der Waals surface area contributed by atoms with Crippen molar-refractivity contribution in [3.8, 4) is 0 Å². The van der Waals surface area contributed by atoms with Gasteiger partial charge in [-0.3, -0.25) is 4.79 Å². The Bertz CT molecular complexity index is 458. The van der Waals surface area contributed by atoms with E-state index in [-0.39, 0.29) is 5.41 Å². The summed E-state index contributed by atoms with van der Waals surface area (Å²) in [5.41, 5.74) is 10.9. The van der Waals surface area contributed by atoms with Gasteiger partial charge in [-0.15, -0.1) is 0 Å². The first-order valence-electron chi connectivity index (χ1n) is 7.24. The molecule has 0 radical (unpaired) electrons. The van der Waals surface area contributed by atoms with Crippen LogP contribution in [0.3, 0.4) is 0 Å². The Labute approximate surface area is 116 Å². The fourth-order valence-electron chi connectivity index (χ4n) is 3.30. The molecule has 0 aliphatic heterocycles. The van der Waals surface area contributed by atoms with Crippen molar-refractivity contribution in [2.24, 2.45) is 11.1 Å². The number of hydrogen-bond acceptors (Lipinski definition) is 2. The monoisotopic (exact) mass is 259 g/mol. The Morgan fingerprint density at radius 3 is 2.21 bits per heavy atom. The Balaban J connectivity index is 2.07. The average Bonchev–Trinajstić information content (AvgIpc) is 2.28. The van der Waals surface area contributed by atoms with Crippen LogP contribution in [0.2, 0.25) is 0 Å². The third-order valence-electron chi connectivity index (χ3n) is 4.63. The van der Waals surface area contributed by atoms with E-state index < -0.39 is 0 Å². The van der Waals surface area contributed by atoms with E-state index in [1.165, 1.54) is 28.7 Å². The first-order chi connectivity index (χ1) is 8.96. The highest BCUT2D eigenvalue weighted by molar-refractivity contribution is 5.82. The number of aryl methyl sites for hydroxylation is 3. The van der Waals surface area contributed by atoms with E-state index in [2.05, 4.69) is 32.9 Å². The highest BCUT2D eigenvalue weighted by Gasteiger charge is 2.37. The Morgan fingerprint density at radius 2 is 1.79 bits per heavy atom. The molecule has 1 aromatic carbocycles. The third kappa shape index (κ3) is 3.06. The van der Waals surface area contributed by atoms with E-state index in [9.17, 15) is 4.79 Å². The summed E-state index contributed by atoms with van der Waals surface area (Å²) < 4.78 is 0. The van der Waals surface area contributed by atoms with Gasteiger partial charge in [-0.05, 0) is 62.3 Å². The van der Waals surface area contributed by atoms with E-state index in [1.54, 1.807) is 0 Å². The third-order valence-corrected chi connectivity index (χ3v) is 4.63. The van der Waals surface area contributed by atoms with Crippen LogP contribution in [0.5, 0.6) is 0 Å². The van der Waals surface area contributed by atoms with Crippen molar-refractivity contribution in [3.05, 3.63) is 34.4 Å². The van der Waals surface area contributed by atoms with Crippen LogP contribution in [-0.2, 0) is 11.2 Å². The number of rotatable bonds is 5. The number of carbonyl (C=O) groups is 1. The summed E-state index contributed by atoms with van der Waals surface area (Å²) >= 11 is 0. The lowest BCUT2D eigenvalue weighted by Gasteiger charge is -2.40. The first kappa shape index (κ1) is 14.3. The van der Waals surface area contributed by atoms with Crippen molar-refractivity contribution in [1.29, 1.82) is 0 Å². The van der Waals surface area contributed by atoms with E-state index in [1.807, 2.05) is 0 Å². The predicted molar refractivity (Wildman–Crippen MR) is 79.3 cm³/mol. The van der Waals surface area contributed by atoms with Gasteiger partial charge in [0.2, 0.25) is 0 Å². The van der Waals surface area contributed by atoms with Gasteiger partial charge in [0.15, 0.2) is 0 Å². The van der Waals surface area contributed by atoms with Crippen LogP contribution in [-0.4, -0.2) is 12.3 Å². The molecule has 2 N–H and O–H groups in total. The molecule has 2 nitrogen and oxygen atoms in total. The van der Waals surface area contributed by atoms with Gasteiger partial charge in [-0.25, -0.2) is 0 Å². The van der Waals surface area contributed by atoms with Crippen molar-refractivity contribution in [2.75, 3.05) is 6.54 Å². The minimum Gasteiger partial charge on any atom is -0.330 e. The summed E-state index contributed by atoms with van der Waals surface area (Å²) in [5, 5.41) is 0. The topological polar surface area (TPSA) is 43.1 Å². The molecule has 1 aliphatic rings. The van der Waals surface area contributed by atoms with Crippen LogP contribution >= 0.6 is 0 Å². The van der Waals surface area contributed by atoms with Crippen LogP contribution in [0.25, 0.3) is 0 Å². The van der Waals surface area contributed by atoms with Crippen LogP contribution in [0.1, 0.15) is 47.9 Å². The summed E-state index contributed by atoms with van der Waals surface area (Å²) in [4.78, 5) is 12.3. The van der Waals surface area contributed by atoms with Gasteiger partial charge >= 0.3 is 0 Å². The normalized spacial score (nSPS) is 17.1. The maximum atomic E-state index is 12.3. The molecule has 1 aromatic rings. The van der Waals surface area contributed by atoms with Crippen LogP contribution in [0, 0.1) is 26.2 Å². The molecule has 0 bridgehead atoms. The van der Waals surface area contributed by atoms with Crippen molar-refractivity contribution in [3.63, 3.8) is 0 Å². The molecule has 19 heavy (non-hydrogen) atoms. The lowest BCUT2D eigenvalue weighted by Crippen LogP contribution is -2.39. The SMILES string of the molecule is Cc1cc(C)c(CC(=O)CC2(CN)CCC2)c(C)c1. The van der Waals surface area contributed by atoms with Crippen LogP contribution in [0.4, 0.5) is 0 Å². The first-order valence-corrected chi connectivity index (χ1v) is 7.24. The lowest BCUT2D eigenvalue weighted by atomic mass is 9.65. The second-order valence-corrected chi connectivity index (χ2v) is 6.33. The number of ketones is 1. The number of carbonyl (C=O) groups excluding carboxylic acids is 1. The second-order valence-electron chi connectivity index (χ2n) is 6.33. The highest BCUT2D eigenvalue weighted by Crippen LogP contribution is 2.43. The predicted octanol–water partition coefficient (Wildman–Crippen LogP) is 3.24. The number of Topliss-reactive ketones (excluding diaryl/α,β-unsaturated/α-hetero) is 1. The molecule has 0 atom stereocenters. The van der Waals surface area contributed by atoms with Gasteiger partial charge in [-0.2, -0.15) is 0 Å². The molecule has 0 saturated heterocycles. The van der Waals surface area contributed by atoms with Crippen molar-refractivity contribution < 1.29 is 4.79 Å². The van der Waals surface area contributed by atoms with Crippen molar-refractivity contribution in [1.82, 2.24) is 0 Å². The van der Waals surface area contributed by atoms with Gasteiger partial charge in [0, 0.05) is 12.8 Å².